The molecule has 0 spiro atoms. The monoisotopic (exact) mass is 461 g/mol. The van der Waals surface area contributed by atoms with Gasteiger partial charge in [-0.15, -0.1) is 0 Å². The smallest absolute Gasteiger partial charge is 0.0323 e. The summed E-state index contributed by atoms with van der Waals surface area (Å²) in [5.74, 6) is 4.41. The Hall–Kier alpha value is 0. The van der Waals surface area contributed by atoms with Crippen LogP contribution in [0.1, 0.15) is 182 Å². The minimum absolute atomic E-state index is 0.618. The number of hydrogen-bond donors (Lipinski definition) is 0. The first-order valence-electron chi connectivity index (χ1n) is 16.1. The highest BCUT2D eigenvalue weighted by Crippen LogP contribution is 2.59. The number of hydrogen-bond acceptors (Lipinski definition) is 0. The van der Waals surface area contributed by atoms with Crippen molar-refractivity contribution in [2.75, 3.05) is 0 Å². The van der Waals surface area contributed by atoms with Crippen LogP contribution in [0.4, 0.5) is 0 Å². The summed E-state index contributed by atoms with van der Waals surface area (Å²) in [5, 5.41) is 0. The van der Waals surface area contributed by atoms with Crippen LogP contribution >= 0.6 is 0 Å². The average Bonchev–Trinajstić information content (AvgIpc) is 3.72. The third kappa shape index (κ3) is 13.6. The van der Waals surface area contributed by atoms with Crippen molar-refractivity contribution < 1.29 is 0 Å². The minimum atomic E-state index is 0.618. The maximum absolute atomic E-state index is 2.59. The van der Waals surface area contributed by atoms with Crippen LogP contribution in [-0.4, -0.2) is 0 Å². The molecule has 2 saturated carbocycles. The Kier molecular flexibility index (Phi) is 15.4. The fourth-order valence-corrected chi connectivity index (χ4v) is 6.78. The second-order valence-corrected chi connectivity index (χ2v) is 13.1. The lowest BCUT2D eigenvalue weighted by Gasteiger charge is -2.25. The zero-order valence-electron chi connectivity index (χ0n) is 23.8. The Morgan fingerprint density at radius 3 is 1.45 bits per heavy atom. The van der Waals surface area contributed by atoms with Gasteiger partial charge in [-0.2, -0.15) is 0 Å². The van der Waals surface area contributed by atoms with Gasteiger partial charge in [0.1, 0.15) is 0 Å². The molecule has 0 unspecified atom stereocenters. The quantitative estimate of drug-likeness (QED) is 0.126. The van der Waals surface area contributed by atoms with E-state index in [9.17, 15) is 0 Å². The molecule has 33 heavy (non-hydrogen) atoms. The highest BCUT2D eigenvalue weighted by atomic mass is 14.6. The molecular weight excluding hydrogens is 396 g/mol. The largest absolute Gasteiger partial charge is 0.0654 e. The molecule has 0 heteroatoms. The van der Waals surface area contributed by atoms with Crippen molar-refractivity contribution in [3.8, 4) is 0 Å². The molecule has 2 aliphatic rings. The highest BCUT2D eigenvalue weighted by Gasteiger charge is 2.50. The van der Waals surface area contributed by atoms with Gasteiger partial charge in [0.15, 0.2) is 0 Å². The molecule has 0 aromatic heterocycles. The van der Waals surface area contributed by atoms with E-state index in [0.29, 0.717) is 5.41 Å². The molecule has 4 atom stereocenters. The van der Waals surface area contributed by atoms with Crippen LogP contribution in [0.25, 0.3) is 0 Å². The van der Waals surface area contributed by atoms with Crippen LogP contribution in [0.2, 0.25) is 0 Å². The standard InChI is InChI=1S/C33H64/c1-5-7-9-10-11-12-13-14-15-16-17-18-19-20-21-23-25-33(3,4)32-28-31(32)27-30-26-29(30)24-22-8-6-2/h29-32H,5-28H2,1-4H3/t29-,30-,31+,32+/m1/s1. The Morgan fingerprint density at radius 2 is 0.939 bits per heavy atom. The molecule has 2 fully saturated rings. The van der Waals surface area contributed by atoms with Gasteiger partial charge in [-0.3, -0.25) is 0 Å². The van der Waals surface area contributed by atoms with Crippen LogP contribution in [0.5, 0.6) is 0 Å². The first-order chi connectivity index (χ1) is 16.1. The van der Waals surface area contributed by atoms with Crippen molar-refractivity contribution >= 4 is 0 Å². The summed E-state index contributed by atoms with van der Waals surface area (Å²) in [6.07, 6.45) is 35.7. The van der Waals surface area contributed by atoms with Crippen LogP contribution in [0.15, 0.2) is 0 Å². The van der Waals surface area contributed by atoms with E-state index in [2.05, 4.69) is 27.7 Å². The summed E-state index contributed by atoms with van der Waals surface area (Å²) in [6, 6.07) is 0. The van der Waals surface area contributed by atoms with Gasteiger partial charge in [-0.05, 0) is 54.8 Å². The zero-order valence-corrected chi connectivity index (χ0v) is 23.8. The first kappa shape index (κ1) is 29.2. The summed E-state index contributed by atoms with van der Waals surface area (Å²) in [4.78, 5) is 0. The third-order valence-electron chi connectivity index (χ3n) is 9.45. The molecule has 0 bridgehead atoms. The molecule has 0 N–H and O–H groups in total. The zero-order chi connectivity index (χ0) is 23.8. The predicted octanol–water partition coefficient (Wildman–Crippen LogP) is 11.9. The number of unbranched alkanes of at least 4 members (excludes halogenated alkanes) is 17. The maximum atomic E-state index is 2.59. The summed E-state index contributed by atoms with van der Waals surface area (Å²) in [6.45, 7) is 9.83. The van der Waals surface area contributed by atoms with Gasteiger partial charge in [0.2, 0.25) is 0 Å². The molecule has 0 aromatic rings. The second-order valence-electron chi connectivity index (χ2n) is 13.1. The van der Waals surface area contributed by atoms with Gasteiger partial charge in [0, 0.05) is 0 Å². The average molecular weight is 461 g/mol. The van der Waals surface area contributed by atoms with E-state index in [0.717, 1.165) is 23.7 Å². The van der Waals surface area contributed by atoms with Crippen LogP contribution in [0, 0.1) is 29.1 Å². The van der Waals surface area contributed by atoms with Crippen molar-refractivity contribution in [1.29, 1.82) is 0 Å². The van der Waals surface area contributed by atoms with Crippen molar-refractivity contribution in [2.45, 2.75) is 182 Å². The molecule has 0 radical (unpaired) electrons. The predicted molar refractivity (Wildman–Crippen MR) is 150 cm³/mol. The van der Waals surface area contributed by atoms with E-state index in [1.807, 2.05) is 0 Å². The van der Waals surface area contributed by atoms with Crippen molar-refractivity contribution in [3.63, 3.8) is 0 Å². The summed E-state index contributed by atoms with van der Waals surface area (Å²) >= 11 is 0. The normalized spacial score (nSPS) is 24.4. The van der Waals surface area contributed by atoms with Crippen molar-refractivity contribution in [2.24, 2.45) is 29.1 Å². The maximum Gasteiger partial charge on any atom is -0.0323 e. The van der Waals surface area contributed by atoms with Crippen LogP contribution < -0.4 is 0 Å². The molecule has 0 nitrogen and oxygen atoms in total. The fraction of sp³-hybridized carbons (Fsp3) is 1.00. The SMILES string of the molecule is CCCCCCCCCCCCCCCCCCC(C)(C)[C@H]1C[C@@H]1C[C@H]1C[C@H]1CCCCC. The van der Waals surface area contributed by atoms with Gasteiger partial charge in [0.05, 0.1) is 0 Å². The summed E-state index contributed by atoms with van der Waals surface area (Å²) < 4.78 is 0. The van der Waals surface area contributed by atoms with Crippen LogP contribution in [-0.2, 0) is 0 Å². The van der Waals surface area contributed by atoms with E-state index < -0.39 is 0 Å². The fourth-order valence-electron chi connectivity index (χ4n) is 6.78. The molecule has 0 amide bonds. The second kappa shape index (κ2) is 17.4. The van der Waals surface area contributed by atoms with E-state index in [4.69, 9.17) is 0 Å². The van der Waals surface area contributed by atoms with Gasteiger partial charge >= 0.3 is 0 Å². The lowest BCUT2D eigenvalue weighted by Crippen LogP contribution is -2.15. The molecule has 2 aliphatic carbocycles. The van der Waals surface area contributed by atoms with Gasteiger partial charge in [0.25, 0.3) is 0 Å². The highest BCUT2D eigenvalue weighted by molar-refractivity contribution is 5.00. The molecule has 0 heterocycles. The topological polar surface area (TPSA) is 0 Å². The summed E-state index contributed by atoms with van der Waals surface area (Å²) in [7, 11) is 0. The molecule has 0 aliphatic heterocycles. The lowest BCUT2D eigenvalue weighted by atomic mass is 9.80. The van der Waals surface area contributed by atoms with Crippen LogP contribution in [0.3, 0.4) is 0 Å². The van der Waals surface area contributed by atoms with Gasteiger partial charge in [-0.1, -0.05) is 156 Å². The molecule has 0 aromatic carbocycles. The Bertz CT molecular complexity index is 449. The summed E-state index contributed by atoms with van der Waals surface area (Å²) in [5.41, 5.74) is 0.618. The van der Waals surface area contributed by atoms with E-state index in [-0.39, 0.29) is 0 Å². The lowest BCUT2D eigenvalue weighted by molar-refractivity contribution is 0.252. The van der Waals surface area contributed by atoms with E-state index in [1.54, 1.807) is 25.7 Å². The first-order valence-corrected chi connectivity index (χ1v) is 16.1. The van der Waals surface area contributed by atoms with E-state index >= 15 is 0 Å². The molecular formula is C33H64. The Morgan fingerprint density at radius 1 is 0.485 bits per heavy atom. The molecule has 196 valence electrons. The van der Waals surface area contributed by atoms with E-state index in [1.165, 1.54) is 128 Å². The Labute approximate surface area is 210 Å². The molecule has 0 saturated heterocycles. The number of rotatable bonds is 24. The van der Waals surface area contributed by atoms with Gasteiger partial charge in [-0.25, -0.2) is 0 Å². The minimum Gasteiger partial charge on any atom is -0.0654 e. The third-order valence-corrected chi connectivity index (χ3v) is 9.45. The molecule has 2 rings (SSSR count). The van der Waals surface area contributed by atoms with Crippen molar-refractivity contribution in [3.05, 3.63) is 0 Å². The van der Waals surface area contributed by atoms with Gasteiger partial charge < -0.3 is 0 Å². The Balaban J connectivity index is 1.32. The van der Waals surface area contributed by atoms with Crippen molar-refractivity contribution in [1.82, 2.24) is 0 Å².